The van der Waals surface area contributed by atoms with E-state index in [1.54, 1.807) is 26.0 Å². The van der Waals surface area contributed by atoms with E-state index < -0.39 is 17.6 Å². The summed E-state index contributed by atoms with van der Waals surface area (Å²) in [4.78, 5) is 11.8. The number of hydrogen-bond donors (Lipinski definition) is 1. The average molecular weight is 314 g/mol. The zero-order valence-electron chi connectivity index (χ0n) is 13.0. The summed E-state index contributed by atoms with van der Waals surface area (Å²) >= 11 is 0. The Morgan fingerprint density at radius 2 is 2.05 bits per heavy atom. The Labute approximate surface area is 128 Å². The standard InChI is InChI=1S/C16H21F3N2O/c1-4-6-11-7-5-8-12(9-11)13(16(17,18)19)21-10-15(2,3)14(22)20-21/h5,7-9,13H,4,6,10H2,1-3H3,(H,20,22). The van der Waals surface area contributed by atoms with Crippen LogP contribution in [0.15, 0.2) is 24.3 Å². The summed E-state index contributed by atoms with van der Waals surface area (Å²) in [6.45, 7) is 5.29. The van der Waals surface area contributed by atoms with Crippen LogP contribution in [-0.2, 0) is 11.2 Å². The average Bonchev–Trinajstić information content (AvgIpc) is 2.62. The molecule has 1 heterocycles. The van der Waals surface area contributed by atoms with Gasteiger partial charge in [-0.15, -0.1) is 0 Å². The fraction of sp³-hybridized carbons (Fsp3) is 0.562. The van der Waals surface area contributed by atoms with E-state index in [0.29, 0.717) is 0 Å². The minimum atomic E-state index is -4.46. The SMILES string of the molecule is CCCc1cccc(C(N2CC(C)(C)C(=O)N2)C(F)(F)F)c1. The molecule has 1 amide bonds. The van der Waals surface area contributed by atoms with E-state index in [9.17, 15) is 18.0 Å². The van der Waals surface area contributed by atoms with Gasteiger partial charge < -0.3 is 0 Å². The van der Waals surface area contributed by atoms with Gasteiger partial charge >= 0.3 is 6.18 Å². The molecule has 1 saturated heterocycles. The second-order valence-corrected chi connectivity index (χ2v) is 6.39. The Morgan fingerprint density at radius 1 is 1.36 bits per heavy atom. The highest BCUT2D eigenvalue weighted by Crippen LogP contribution is 2.40. The number of benzene rings is 1. The first kappa shape index (κ1) is 16.8. The highest BCUT2D eigenvalue weighted by molar-refractivity contribution is 5.83. The van der Waals surface area contributed by atoms with E-state index in [2.05, 4.69) is 5.43 Å². The molecule has 22 heavy (non-hydrogen) atoms. The monoisotopic (exact) mass is 314 g/mol. The largest absolute Gasteiger partial charge is 0.409 e. The van der Waals surface area contributed by atoms with Gasteiger partial charge in [0, 0.05) is 6.54 Å². The van der Waals surface area contributed by atoms with Gasteiger partial charge in [-0.2, -0.15) is 13.2 Å². The maximum atomic E-state index is 13.6. The van der Waals surface area contributed by atoms with E-state index in [1.807, 2.05) is 13.0 Å². The number of nitrogens with zero attached hydrogens (tertiary/aromatic N) is 1. The number of alkyl halides is 3. The minimum Gasteiger partial charge on any atom is -0.287 e. The van der Waals surface area contributed by atoms with E-state index in [-0.39, 0.29) is 18.0 Å². The first-order chi connectivity index (χ1) is 10.1. The van der Waals surface area contributed by atoms with Gasteiger partial charge in [0.05, 0.1) is 5.41 Å². The topological polar surface area (TPSA) is 32.3 Å². The zero-order chi connectivity index (χ0) is 16.5. The molecule has 0 saturated carbocycles. The van der Waals surface area contributed by atoms with Gasteiger partial charge in [-0.3, -0.25) is 10.2 Å². The van der Waals surface area contributed by atoms with E-state index in [1.165, 1.54) is 6.07 Å². The van der Waals surface area contributed by atoms with Crippen LogP contribution in [0.2, 0.25) is 0 Å². The van der Waals surface area contributed by atoms with Crippen molar-refractivity contribution in [2.45, 2.75) is 45.8 Å². The summed E-state index contributed by atoms with van der Waals surface area (Å²) in [5.41, 5.74) is 2.58. The number of amides is 1. The van der Waals surface area contributed by atoms with E-state index >= 15 is 0 Å². The van der Waals surface area contributed by atoms with Crippen LogP contribution in [0, 0.1) is 5.41 Å². The third kappa shape index (κ3) is 3.43. The van der Waals surface area contributed by atoms with Crippen molar-refractivity contribution >= 4 is 5.91 Å². The van der Waals surface area contributed by atoms with Crippen molar-refractivity contribution in [3.05, 3.63) is 35.4 Å². The van der Waals surface area contributed by atoms with Crippen molar-refractivity contribution in [1.29, 1.82) is 0 Å². The van der Waals surface area contributed by atoms with Gasteiger partial charge in [-0.1, -0.05) is 37.6 Å². The minimum absolute atomic E-state index is 0.0218. The second-order valence-electron chi connectivity index (χ2n) is 6.39. The molecule has 3 nitrogen and oxygen atoms in total. The van der Waals surface area contributed by atoms with E-state index in [4.69, 9.17) is 0 Å². The lowest BCUT2D eigenvalue weighted by molar-refractivity contribution is -0.191. The van der Waals surface area contributed by atoms with Crippen molar-refractivity contribution in [2.24, 2.45) is 5.41 Å². The molecule has 1 N–H and O–H groups in total. The summed E-state index contributed by atoms with van der Waals surface area (Å²) in [6.07, 6.45) is -2.86. The van der Waals surface area contributed by atoms with Gasteiger partial charge in [-0.05, 0) is 31.4 Å². The molecular weight excluding hydrogens is 293 g/mol. The van der Waals surface area contributed by atoms with Crippen LogP contribution >= 0.6 is 0 Å². The highest BCUT2D eigenvalue weighted by Gasteiger charge is 2.51. The molecule has 0 aromatic heterocycles. The van der Waals surface area contributed by atoms with Crippen LogP contribution in [0.5, 0.6) is 0 Å². The Bertz CT molecular complexity index is 555. The molecule has 2 rings (SSSR count). The van der Waals surface area contributed by atoms with Crippen LogP contribution in [-0.4, -0.2) is 23.6 Å². The van der Waals surface area contributed by atoms with Crippen LogP contribution in [0.25, 0.3) is 0 Å². The Kier molecular flexibility index (Phi) is 4.52. The molecular formula is C16H21F3N2O. The molecule has 1 aliphatic heterocycles. The third-order valence-electron chi connectivity index (χ3n) is 3.85. The third-order valence-corrected chi connectivity index (χ3v) is 3.85. The predicted octanol–water partition coefficient (Wildman–Crippen LogP) is 3.62. The predicted molar refractivity (Wildman–Crippen MR) is 77.9 cm³/mol. The number of carbonyl (C=O) groups excluding carboxylic acids is 1. The van der Waals surface area contributed by atoms with Crippen molar-refractivity contribution in [3.63, 3.8) is 0 Å². The van der Waals surface area contributed by atoms with Crippen LogP contribution in [0.4, 0.5) is 13.2 Å². The summed E-state index contributed by atoms with van der Waals surface area (Å²) < 4.78 is 40.7. The molecule has 1 unspecified atom stereocenters. The molecule has 1 aromatic carbocycles. The first-order valence-electron chi connectivity index (χ1n) is 7.38. The maximum absolute atomic E-state index is 13.6. The summed E-state index contributed by atoms with van der Waals surface area (Å²) in [5.74, 6) is -0.383. The van der Waals surface area contributed by atoms with Crippen molar-refractivity contribution < 1.29 is 18.0 Å². The number of hydrazine groups is 1. The summed E-state index contributed by atoms with van der Waals surface area (Å²) in [6, 6.07) is 4.69. The van der Waals surface area contributed by atoms with Gasteiger partial charge in [0.15, 0.2) is 0 Å². The molecule has 1 aromatic rings. The molecule has 1 aliphatic rings. The van der Waals surface area contributed by atoms with Gasteiger partial charge in [0.25, 0.3) is 0 Å². The quantitative estimate of drug-likeness (QED) is 0.920. The molecule has 1 atom stereocenters. The van der Waals surface area contributed by atoms with Crippen molar-refractivity contribution in [2.75, 3.05) is 6.54 Å². The fourth-order valence-electron chi connectivity index (χ4n) is 2.73. The molecule has 1 fully saturated rings. The first-order valence-corrected chi connectivity index (χ1v) is 7.38. The number of carbonyl (C=O) groups is 1. The Hall–Kier alpha value is -1.56. The maximum Gasteiger partial charge on any atom is 0.409 e. The number of aryl methyl sites for hydroxylation is 1. The molecule has 0 radical (unpaired) electrons. The highest BCUT2D eigenvalue weighted by atomic mass is 19.4. The van der Waals surface area contributed by atoms with Gasteiger partial charge in [0.1, 0.15) is 6.04 Å². The van der Waals surface area contributed by atoms with Crippen LogP contribution < -0.4 is 5.43 Å². The van der Waals surface area contributed by atoms with Gasteiger partial charge in [0.2, 0.25) is 5.91 Å². The van der Waals surface area contributed by atoms with Crippen molar-refractivity contribution in [1.82, 2.24) is 10.4 Å². The molecule has 0 spiro atoms. The Morgan fingerprint density at radius 3 is 2.55 bits per heavy atom. The molecule has 122 valence electrons. The Balaban J connectivity index is 2.36. The molecule has 0 aliphatic carbocycles. The number of halogens is 3. The second kappa shape index (κ2) is 5.91. The van der Waals surface area contributed by atoms with Crippen molar-refractivity contribution in [3.8, 4) is 0 Å². The summed E-state index contributed by atoms with van der Waals surface area (Å²) in [7, 11) is 0. The summed E-state index contributed by atoms with van der Waals surface area (Å²) in [5, 5.41) is 1.01. The number of rotatable bonds is 4. The van der Waals surface area contributed by atoms with Gasteiger partial charge in [-0.25, -0.2) is 5.01 Å². The zero-order valence-corrected chi connectivity index (χ0v) is 13.0. The fourth-order valence-corrected chi connectivity index (χ4v) is 2.73. The molecule has 0 bridgehead atoms. The number of nitrogens with one attached hydrogen (secondary N) is 1. The lowest BCUT2D eigenvalue weighted by Gasteiger charge is -2.30. The lowest BCUT2D eigenvalue weighted by Crippen LogP contribution is -2.43. The normalized spacial score (nSPS) is 20.0. The number of hydrogen-bond acceptors (Lipinski definition) is 2. The molecule has 6 heteroatoms. The van der Waals surface area contributed by atoms with Crippen LogP contribution in [0.3, 0.4) is 0 Å². The lowest BCUT2D eigenvalue weighted by atomic mass is 9.93. The smallest absolute Gasteiger partial charge is 0.287 e. The van der Waals surface area contributed by atoms with E-state index in [0.717, 1.165) is 23.4 Å². The van der Waals surface area contributed by atoms with Crippen LogP contribution in [0.1, 0.15) is 44.4 Å².